The van der Waals surface area contributed by atoms with E-state index in [0.29, 0.717) is 5.69 Å². The minimum atomic E-state index is -0.394. The lowest BCUT2D eigenvalue weighted by Gasteiger charge is -2.07. The van der Waals surface area contributed by atoms with Gasteiger partial charge in [-0.05, 0) is 35.9 Å². The van der Waals surface area contributed by atoms with E-state index in [4.69, 9.17) is 0 Å². The predicted molar refractivity (Wildman–Crippen MR) is 85.6 cm³/mol. The summed E-state index contributed by atoms with van der Waals surface area (Å²) in [6.45, 7) is 0.253. The lowest BCUT2D eigenvalue weighted by molar-refractivity contribution is -0.126. The maximum absolute atomic E-state index is 12.7. The van der Waals surface area contributed by atoms with Crippen LogP contribution in [-0.2, 0) is 16.1 Å². The SMILES string of the molecule is O=C(CC(=O)Nc1cccc(Br)c1)NCc1ccc(F)cc1. The molecule has 0 saturated carbocycles. The first-order valence-corrected chi connectivity index (χ1v) is 7.39. The molecule has 2 amide bonds. The first kappa shape index (κ1) is 16.2. The minimum absolute atomic E-state index is 0.253. The van der Waals surface area contributed by atoms with Crippen LogP contribution in [0, 0.1) is 5.82 Å². The van der Waals surface area contributed by atoms with Crippen molar-refractivity contribution in [2.75, 3.05) is 5.32 Å². The maximum Gasteiger partial charge on any atom is 0.233 e. The van der Waals surface area contributed by atoms with Crippen LogP contribution in [0.3, 0.4) is 0 Å². The lowest BCUT2D eigenvalue weighted by atomic mass is 10.2. The molecule has 0 aliphatic heterocycles. The number of hydrogen-bond donors (Lipinski definition) is 2. The fraction of sp³-hybridized carbons (Fsp3) is 0.125. The van der Waals surface area contributed by atoms with Crippen LogP contribution in [0.25, 0.3) is 0 Å². The third-order valence-corrected chi connectivity index (χ3v) is 3.33. The Morgan fingerprint density at radius 3 is 2.45 bits per heavy atom. The Labute approximate surface area is 135 Å². The van der Waals surface area contributed by atoms with Crippen molar-refractivity contribution in [2.45, 2.75) is 13.0 Å². The zero-order valence-corrected chi connectivity index (χ0v) is 13.2. The number of carbonyl (C=O) groups excluding carboxylic acids is 2. The van der Waals surface area contributed by atoms with E-state index in [9.17, 15) is 14.0 Å². The Balaban J connectivity index is 1.79. The molecule has 2 N–H and O–H groups in total. The highest BCUT2D eigenvalue weighted by Gasteiger charge is 2.09. The molecule has 4 nitrogen and oxygen atoms in total. The Hall–Kier alpha value is -2.21. The second-order valence-electron chi connectivity index (χ2n) is 4.64. The van der Waals surface area contributed by atoms with Crippen LogP contribution in [0.5, 0.6) is 0 Å². The summed E-state index contributed by atoms with van der Waals surface area (Å²) in [5.74, 6) is -1.12. The Morgan fingerprint density at radius 2 is 1.77 bits per heavy atom. The van der Waals surface area contributed by atoms with Gasteiger partial charge in [0.25, 0.3) is 0 Å². The largest absolute Gasteiger partial charge is 0.352 e. The molecule has 6 heteroatoms. The van der Waals surface area contributed by atoms with Gasteiger partial charge in [-0.15, -0.1) is 0 Å². The van der Waals surface area contributed by atoms with Crippen molar-refractivity contribution in [3.05, 3.63) is 64.4 Å². The Kier molecular flexibility index (Phi) is 5.66. The number of benzene rings is 2. The number of hydrogen-bond acceptors (Lipinski definition) is 2. The molecule has 0 atom stereocenters. The van der Waals surface area contributed by atoms with E-state index in [1.807, 2.05) is 6.07 Å². The number of carbonyl (C=O) groups is 2. The fourth-order valence-electron chi connectivity index (χ4n) is 1.78. The molecule has 0 unspecified atom stereocenters. The first-order valence-electron chi connectivity index (χ1n) is 6.59. The van der Waals surface area contributed by atoms with Crippen LogP contribution < -0.4 is 10.6 Å². The van der Waals surface area contributed by atoms with Crippen molar-refractivity contribution in [1.29, 1.82) is 0 Å². The Bertz CT molecular complexity index is 674. The summed E-state index contributed by atoms with van der Waals surface area (Å²) in [4.78, 5) is 23.4. The van der Waals surface area contributed by atoms with Gasteiger partial charge < -0.3 is 10.6 Å². The number of halogens is 2. The number of anilines is 1. The highest BCUT2D eigenvalue weighted by Crippen LogP contribution is 2.15. The molecular formula is C16H14BrFN2O2. The van der Waals surface area contributed by atoms with Gasteiger partial charge in [-0.1, -0.05) is 34.1 Å². The third-order valence-electron chi connectivity index (χ3n) is 2.83. The molecule has 0 aliphatic carbocycles. The van der Waals surface area contributed by atoms with Crippen molar-refractivity contribution < 1.29 is 14.0 Å². The molecular weight excluding hydrogens is 351 g/mol. The van der Waals surface area contributed by atoms with Crippen LogP contribution >= 0.6 is 15.9 Å². The molecule has 0 bridgehead atoms. The third kappa shape index (κ3) is 5.29. The average molecular weight is 365 g/mol. The van der Waals surface area contributed by atoms with Crippen molar-refractivity contribution >= 4 is 33.4 Å². The van der Waals surface area contributed by atoms with Crippen molar-refractivity contribution in [3.8, 4) is 0 Å². The van der Waals surface area contributed by atoms with Gasteiger partial charge in [0.15, 0.2) is 0 Å². The van der Waals surface area contributed by atoms with E-state index < -0.39 is 11.8 Å². The van der Waals surface area contributed by atoms with E-state index in [0.717, 1.165) is 10.0 Å². The first-order chi connectivity index (χ1) is 10.5. The smallest absolute Gasteiger partial charge is 0.233 e. The summed E-state index contributed by atoms with van der Waals surface area (Å²) in [6.07, 6.45) is -0.270. The van der Waals surface area contributed by atoms with Crippen molar-refractivity contribution in [2.24, 2.45) is 0 Å². The number of rotatable bonds is 5. The molecule has 0 fully saturated rings. The van der Waals surface area contributed by atoms with E-state index in [-0.39, 0.29) is 18.8 Å². The van der Waals surface area contributed by atoms with Gasteiger partial charge in [-0.2, -0.15) is 0 Å². The molecule has 0 heterocycles. The molecule has 114 valence electrons. The van der Waals surface area contributed by atoms with Gasteiger partial charge >= 0.3 is 0 Å². The average Bonchev–Trinajstić information content (AvgIpc) is 2.46. The zero-order chi connectivity index (χ0) is 15.9. The highest BCUT2D eigenvalue weighted by atomic mass is 79.9. The van der Waals surface area contributed by atoms with E-state index in [1.165, 1.54) is 12.1 Å². The van der Waals surface area contributed by atoms with Gasteiger partial charge in [-0.25, -0.2) is 4.39 Å². The van der Waals surface area contributed by atoms with Crippen LogP contribution in [0.1, 0.15) is 12.0 Å². The molecule has 22 heavy (non-hydrogen) atoms. The van der Waals surface area contributed by atoms with Gasteiger partial charge in [-0.3, -0.25) is 9.59 Å². The summed E-state index contributed by atoms with van der Waals surface area (Å²) in [7, 11) is 0. The monoisotopic (exact) mass is 364 g/mol. The van der Waals surface area contributed by atoms with Gasteiger partial charge in [0.2, 0.25) is 11.8 Å². The molecule has 0 aromatic heterocycles. The molecule has 0 saturated heterocycles. The summed E-state index contributed by atoms with van der Waals surface area (Å²) >= 11 is 3.30. The van der Waals surface area contributed by atoms with Crippen molar-refractivity contribution in [1.82, 2.24) is 5.32 Å². The van der Waals surface area contributed by atoms with Gasteiger partial charge in [0.05, 0.1) is 0 Å². The number of nitrogens with one attached hydrogen (secondary N) is 2. The molecule has 0 radical (unpaired) electrons. The van der Waals surface area contributed by atoms with Crippen LogP contribution in [-0.4, -0.2) is 11.8 Å². The maximum atomic E-state index is 12.7. The predicted octanol–water partition coefficient (Wildman–Crippen LogP) is 3.23. The van der Waals surface area contributed by atoms with E-state index in [1.54, 1.807) is 30.3 Å². The lowest BCUT2D eigenvalue weighted by Crippen LogP contribution is -2.27. The van der Waals surface area contributed by atoms with Gasteiger partial charge in [0, 0.05) is 16.7 Å². The molecule has 0 aliphatic rings. The van der Waals surface area contributed by atoms with Gasteiger partial charge in [0.1, 0.15) is 12.2 Å². The fourth-order valence-corrected chi connectivity index (χ4v) is 2.18. The van der Waals surface area contributed by atoms with Crippen LogP contribution in [0.4, 0.5) is 10.1 Å². The second-order valence-corrected chi connectivity index (χ2v) is 5.55. The normalized spacial score (nSPS) is 10.1. The summed E-state index contributed by atoms with van der Waals surface area (Å²) in [6, 6.07) is 12.9. The topological polar surface area (TPSA) is 58.2 Å². The summed E-state index contributed by atoms with van der Waals surface area (Å²) < 4.78 is 13.6. The summed E-state index contributed by atoms with van der Waals surface area (Å²) in [5, 5.41) is 5.25. The molecule has 2 aromatic carbocycles. The number of amides is 2. The zero-order valence-electron chi connectivity index (χ0n) is 11.6. The standard InChI is InChI=1S/C16H14BrFN2O2/c17-12-2-1-3-14(8-12)20-16(22)9-15(21)19-10-11-4-6-13(18)7-5-11/h1-8H,9-10H2,(H,19,21)(H,20,22). The molecule has 2 aromatic rings. The summed E-state index contributed by atoms with van der Waals surface area (Å²) in [5.41, 5.74) is 1.38. The second kappa shape index (κ2) is 7.70. The molecule has 0 spiro atoms. The Morgan fingerprint density at radius 1 is 1.05 bits per heavy atom. The van der Waals surface area contributed by atoms with E-state index in [2.05, 4.69) is 26.6 Å². The van der Waals surface area contributed by atoms with Crippen LogP contribution in [0.2, 0.25) is 0 Å². The van der Waals surface area contributed by atoms with E-state index >= 15 is 0 Å². The van der Waals surface area contributed by atoms with Crippen LogP contribution in [0.15, 0.2) is 53.0 Å². The molecule has 2 rings (SSSR count). The highest BCUT2D eigenvalue weighted by molar-refractivity contribution is 9.10. The minimum Gasteiger partial charge on any atom is -0.352 e. The van der Waals surface area contributed by atoms with Crippen molar-refractivity contribution in [3.63, 3.8) is 0 Å². The quantitative estimate of drug-likeness (QED) is 0.800.